The molecule has 0 aliphatic carbocycles. The van der Waals surface area contributed by atoms with Gasteiger partial charge in [-0.2, -0.15) is 0 Å². The van der Waals surface area contributed by atoms with Crippen molar-refractivity contribution in [2.45, 2.75) is 121 Å². The van der Waals surface area contributed by atoms with Crippen LogP contribution in [0.1, 0.15) is 115 Å². The van der Waals surface area contributed by atoms with E-state index in [1.54, 1.807) is 11.8 Å². The van der Waals surface area contributed by atoms with Crippen molar-refractivity contribution in [1.82, 2.24) is 0 Å². The van der Waals surface area contributed by atoms with E-state index in [2.05, 4.69) is 31.5 Å². The van der Waals surface area contributed by atoms with E-state index in [0.717, 1.165) is 30.2 Å². The van der Waals surface area contributed by atoms with Gasteiger partial charge >= 0.3 is 0 Å². The normalized spacial score (nSPS) is 11.0. The number of carbonyl (C=O) groups excluding carboxylic acids is 1. The summed E-state index contributed by atoms with van der Waals surface area (Å²) < 4.78 is 5.95. The average molecular weight is 569 g/mol. The van der Waals surface area contributed by atoms with Gasteiger partial charge in [0, 0.05) is 23.3 Å². The Morgan fingerprint density at radius 3 is 1.80 bits per heavy atom. The first kappa shape index (κ1) is 34.1. The molecule has 0 radical (unpaired) electrons. The number of carbonyl (C=O) groups is 1. The number of nitrogens with zero attached hydrogens (tertiary/aromatic N) is 1. The molecule has 2 aromatic rings. The lowest BCUT2D eigenvalue weighted by molar-refractivity contribution is -0.114. The minimum absolute atomic E-state index is 0.0253. The molecular formula is C35H56N2O2S. The zero-order valence-electron chi connectivity index (χ0n) is 25.9. The molecular weight excluding hydrogens is 512 g/mol. The Morgan fingerprint density at radius 1 is 0.775 bits per heavy atom. The van der Waals surface area contributed by atoms with Gasteiger partial charge in [-0.3, -0.25) is 4.79 Å². The van der Waals surface area contributed by atoms with Gasteiger partial charge in [0.1, 0.15) is 5.75 Å². The summed E-state index contributed by atoms with van der Waals surface area (Å²) in [6, 6.07) is 14.1. The van der Waals surface area contributed by atoms with Gasteiger partial charge in [-0.15, -0.1) is 11.8 Å². The molecule has 0 aliphatic rings. The van der Waals surface area contributed by atoms with Crippen LogP contribution in [0.5, 0.6) is 5.75 Å². The summed E-state index contributed by atoms with van der Waals surface area (Å²) >= 11 is 1.72. The number of benzene rings is 2. The first-order valence-corrected chi connectivity index (χ1v) is 17.1. The molecule has 0 saturated heterocycles. The monoisotopic (exact) mass is 568 g/mol. The molecule has 224 valence electrons. The van der Waals surface area contributed by atoms with Gasteiger partial charge < -0.3 is 15.0 Å². The summed E-state index contributed by atoms with van der Waals surface area (Å²) in [4.78, 5) is 15.7. The minimum atomic E-state index is -0.0253. The Labute approximate surface area is 250 Å². The predicted octanol–water partition coefficient (Wildman–Crippen LogP) is 10.4. The van der Waals surface area contributed by atoms with Gasteiger partial charge in [-0.25, -0.2) is 0 Å². The van der Waals surface area contributed by atoms with Crippen LogP contribution in [-0.2, 0) is 4.79 Å². The van der Waals surface area contributed by atoms with E-state index in [9.17, 15) is 4.79 Å². The highest BCUT2D eigenvalue weighted by Gasteiger charge is 2.09. The maximum atomic E-state index is 12.5. The topological polar surface area (TPSA) is 41.6 Å². The van der Waals surface area contributed by atoms with Crippen molar-refractivity contribution in [2.75, 3.05) is 36.7 Å². The van der Waals surface area contributed by atoms with Crippen LogP contribution < -0.4 is 15.0 Å². The molecule has 5 heteroatoms. The molecule has 0 aliphatic heterocycles. The maximum Gasteiger partial charge on any atom is 0.243 e. The van der Waals surface area contributed by atoms with Crippen LogP contribution >= 0.6 is 11.8 Å². The summed E-state index contributed by atoms with van der Waals surface area (Å²) in [5, 5.41) is 3.01. The Hall–Kier alpha value is -2.14. The number of aryl methyl sites for hydroxylation is 1. The number of unbranched alkanes of at least 4 members (excludes halogenated alkanes) is 15. The Bertz CT molecular complexity index is 931. The van der Waals surface area contributed by atoms with E-state index in [1.165, 1.54) is 107 Å². The van der Waals surface area contributed by atoms with Crippen molar-refractivity contribution in [1.29, 1.82) is 0 Å². The molecule has 2 aromatic carbocycles. The van der Waals surface area contributed by atoms with Crippen LogP contribution in [0.2, 0.25) is 0 Å². The quantitative estimate of drug-likeness (QED) is 0.107. The predicted molar refractivity (Wildman–Crippen MR) is 176 cm³/mol. The summed E-state index contributed by atoms with van der Waals surface area (Å²) in [5.74, 6) is 0.870. The number of rotatable bonds is 23. The van der Waals surface area contributed by atoms with E-state index >= 15 is 0 Å². The molecule has 0 saturated carbocycles. The molecule has 1 N–H and O–H groups in total. The summed E-state index contributed by atoms with van der Waals surface area (Å²) in [6.07, 6.45) is 24.1. The van der Waals surface area contributed by atoms with Gasteiger partial charge in [0.15, 0.2) is 0 Å². The highest BCUT2D eigenvalue weighted by Crippen LogP contribution is 2.23. The van der Waals surface area contributed by atoms with E-state index < -0.39 is 0 Å². The number of ether oxygens (including phenoxy) is 1. The molecule has 4 nitrogen and oxygen atoms in total. The summed E-state index contributed by atoms with van der Waals surface area (Å²) in [7, 11) is 1.94. The third kappa shape index (κ3) is 15.0. The first-order valence-electron chi connectivity index (χ1n) is 15.9. The van der Waals surface area contributed by atoms with E-state index in [4.69, 9.17) is 4.74 Å². The molecule has 0 fully saturated rings. The van der Waals surface area contributed by atoms with Crippen LogP contribution in [0.4, 0.5) is 11.4 Å². The van der Waals surface area contributed by atoms with Gasteiger partial charge in [0.2, 0.25) is 5.91 Å². The minimum Gasteiger partial charge on any atom is -0.494 e. The number of hydrogen-bond acceptors (Lipinski definition) is 4. The first-order chi connectivity index (χ1) is 19.5. The lowest BCUT2D eigenvalue weighted by Crippen LogP contribution is -2.30. The Morgan fingerprint density at radius 2 is 1.30 bits per heavy atom. The summed E-state index contributed by atoms with van der Waals surface area (Å²) in [5.41, 5.74) is 3.01. The molecule has 1 amide bonds. The Balaban J connectivity index is 1.47. The van der Waals surface area contributed by atoms with E-state index in [0.29, 0.717) is 6.54 Å². The molecule has 40 heavy (non-hydrogen) atoms. The zero-order chi connectivity index (χ0) is 28.8. The second kappa shape index (κ2) is 21.6. The fourth-order valence-corrected chi connectivity index (χ4v) is 5.69. The molecule has 0 unspecified atom stereocenters. The lowest BCUT2D eigenvalue weighted by atomic mass is 10.0. The van der Waals surface area contributed by atoms with Gasteiger partial charge in [-0.05, 0) is 67.6 Å². The van der Waals surface area contributed by atoms with Crippen molar-refractivity contribution in [2.24, 2.45) is 0 Å². The van der Waals surface area contributed by atoms with Crippen LogP contribution in [0.3, 0.4) is 0 Å². The molecule has 0 heterocycles. The van der Waals surface area contributed by atoms with E-state index in [1.807, 2.05) is 48.3 Å². The van der Waals surface area contributed by atoms with Gasteiger partial charge in [-0.1, -0.05) is 103 Å². The highest BCUT2D eigenvalue weighted by molar-refractivity contribution is 7.98. The van der Waals surface area contributed by atoms with Crippen LogP contribution in [0, 0.1) is 6.92 Å². The lowest BCUT2D eigenvalue weighted by Gasteiger charge is -2.19. The average Bonchev–Trinajstić information content (AvgIpc) is 2.95. The van der Waals surface area contributed by atoms with Crippen molar-refractivity contribution < 1.29 is 9.53 Å². The van der Waals surface area contributed by atoms with E-state index in [-0.39, 0.29) is 5.91 Å². The number of thioether (sulfide) groups is 1. The smallest absolute Gasteiger partial charge is 0.243 e. The third-order valence-electron chi connectivity index (χ3n) is 7.60. The Kier molecular flexibility index (Phi) is 18.4. The second-order valence-electron chi connectivity index (χ2n) is 11.2. The second-order valence-corrected chi connectivity index (χ2v) is 12.1. The SMILES string of the molecule is CCCCCCCCCCCCCCCCCCOc1ccc(N(C)CC(=O)Nc2ccc(SC)c(C)c2)cc1. The standard InChI is InChI=1S/C35H56N2O2S/c1-5-6-7-8-9-10-11-12-13-14-15-16-17-18-19-20-27-39-33-24-22-32(23-25-33)37(3)29-35(38)36-31-21-26-34(40-4)30(2)28-31/h21-26,28H,5-20,27,29H2,1-4H3,(H,36,38). The highest BCUT2D eigenvalue weighted by atomic mass is 32.2. The number of amides is 1. The van der Waals surface area contributed by atoms with Gasteiger partial charge in [0.25, 0.3) is 0 Å². The van der Waals surface area contributed by atoms with Crippen LogP contribution in [0.25, 0.3) is 0 Å². The molecule has 2 rings (SSSR count). The van der Waals surface area contributed by atoms with Gasteiger partial charge in [0.05, 0.1) is 13.2 Å². The van der Waals surface area contributed by atoms with Crippen molar-refractivity contribution in [3.63, 3.8) is 0 Å². The third-order valence-corrected chi connectivity index (χ3v) is 8.50. The number of nitrogens with one attached hydrogen (secondary N) is 1. The summed E-state index contributed by atoms with van der Waals surface area (Å²) in [6.45, 7) is 5.42. The number of anilines is 2. The molecule has 0 bridgehead atoms. The molecule has 0 aromatic heterocycles. The van der Waals surface area contributed by atoms with Crippen LogP contribution in [0.15, 0.2) is 47.4 Å². The fraction of sp³-hybridized carbons (Fsp3) is 0.629. The zero-order valence-corrected chi connectivity index (χ0v) is 26.8. The fourth-order valence-electron chi connectivity index (χ4n) is 5.10. The van der Waals surface area contributed by atoms with Crippen molar-refractivity contribution >= 4 is 29.0 Å². The van der Waals surface area contributed by atoms with Crippen molar-refractivity contribution in [3.8, 4) is 5.75 Å². The number of hydrogen-bond donors (Lipinski definition) is 1. The maximum absolute atomic E-state index is 12.5. The van der Waals surface area contributed by atoms with Crippen LogP contribution in [-0.4, -0.2) is 32.4 Å². The largest absolute Gasteiger partial charge is 0.494 e. The molecule has 0 atom stereocenters. The number of likely N-dealkylation sites (N-methyl/N-ethyl adjacent to an activating group) is 1. The molecule has 0 spiro atoms. The van der Waals surface area contributed by atoms with Crippen molar-refractivity contribution in [3.05, 3.63) is 48.0 Å².